The van der Waals surface area contributed by atoms with Crippen molar-refractivity contribution < 1.29 is 42.1 Å². The molecule has 7 rings (SSSR count). The number of fused-ring (bicyclic) bond motifs is 2. The summed E-state index contributed by atoms with van der Waals surface area (Å²) in [5, 5.41) is 25.6. The predicted octanol–water partition coefficient (Wildman–Crippen LogP) is 3.66. The van der Waals surface area contributed by atoms with Gasteiger partial charge in [-0.25, -0.2) is 24.3 Å². The lowest BCUT2D eigenvalue weighted by Crippen LogP contribution is -2.30. The summed E-state index contributed by atoms with van der Waals surface area (Å²) in [6.45, 7) is 4.84. The predicted molar refractivity (Wildman–Crippen MR) is 199 cm³/mol. The first-order valence-electron chi connectivity index (χ1n) is 18.1. The third-order valence-corrected chi connectivity index (χ3v) is 10.4. The molecule has 6 heterocycles. The van der Waals surface area contributed by atoms with Gasteiger partial charge in [-0.1, -0.05) is 39.0 Å². The molecule has 4 aromatic heterocycles. The topological polar surface area (TPSA) is 256 Å². The second-order valence-electron chi connectivity index (χ2n) is 13.4. The van der Waals surface area contributed by atoms with Crippen LogP contribution in [0.15, 0.2) is 54.1 Å². The fraction of sp³-hybridized carbons (Fsp3) is 0.457. The van der Waals surface area contributed by atoms with Crippen LogP contribution >= 0.6 is 8.60 Å². The molecule has 2 aliphatic heterocycles. The van der Waals surface area contributed by atoms with E-state index in [4.69, 9.17) is 28.3 Å². The zero-order chi connectivity index (χ0) is 40.2. The average molecular weight is 808 g/mol. The number of aromatic nitrogens is 8. The molecule has 2 aliphatic rings. The van der Waals surface area contributed by atoms with Crippen LogP contribution in [0.5, 0.6) is 0 Å². The van der Waals surface area contributed by atoms with Crippen molar-refractivity contribution in [2.45, 2.75) is 83.1 Å². The van der Waals surface area contributed by atoms with Crippen LogP contribution in [0, 0.1) is 17.2 Å². The monoisotopic (exact) mass is 807 g/mol. The molecule has 2 saturated heterocycles. The number of carbonyl (C=O) groups is 2. The molecular formula is C35H39FN11O9P. The number of hydrogen-bond donors (Lipinski definition) is 4. The summed E-state index contributed by atoms with van der Waals surface area (Å²) in [6, 6.07) is 10.6. The number of alkyl halides is 1. The van der Waals surface area contributed by atoms with Gasteiger partial charge in [-0.15, -0.1) is 0 Å². The highest BCUT2D eigenvalue weighted by Crippen LogP contribution is 2.48. The number of H-pyrrole nitrogens is 1. The Morgan fingerprint density at radius 1 is 1.07 bits per heavy atom. The Balaban J connectivity index is 1.07. The number of hydrogen-bond acceptors (Lipinski definition) is 15. The highest BCUT2D eigenvalue weighted by Gasteiger charge is 2.49. The Kier molecular flexibility index (Phi) is 12.2. The summed E-state index contributed by atoms with van der Waals surface area (Å²) in [5.41, 5.74) is 0.312. The van der Waals surface area contributed by atoms with E-state index in [1.165, 1.54) is 28.1 Å². The van der Waals surface area contributed by atoms with E-state index in [1.54, 1.807) is 51.1 Å². The highest BCUT2D eigenvalue weighted by molar-refractivity contribution is 7.41. The summed E-state index contributed by atoms with van der Waals surface area (Å²) in [4.78, 5) is 61.9. The lowest BCUT2D eigenvalue weighted by atomic mass is 10.1. The first kappa shape index (κ1) is 39.9. The number of ether oxygens (including phenoxy) is 2. The molecule has 0 aliphatic carbocycles. The molecule has 300 valence electrons. The van der Waals surface area contributed by atoms with Crippen LogP contribution in [0.2, 0.25) is 0 Å². The van der Waals surface area contributed by atoms with Gasteiger partial charge in [0, 0.05) is 17.9 Å². The first-order valence-corrected chi connectivity index (χ1v) is 19.2. The number of aromatic amines is 1. The van der Waals surface area contributed by atoms with Crippen LogP contribution in [-0.2, 0) is 27.8 Å². The van der Waals surface area contributed by atoms with E-state index in [2.05, 4.69) is 40.5 Å². The molecule has 0 radical (unpaired) electrons. The van der Waals surface area contributed by atoms with Gasteiger partial charge in [0.1, 0.15) is 18.5 Å². The molecule has 2 amide bonds. The highest BCUT2D eigenvalue weighted by atomic mass is 31.2. The Labute approximate surface area is 324 Å². The van der Waals surface area contributed by atoms with Gasteiger partial charge >= 0.3 is 8.60 Å². The van der Waals surface area contributed by atoms with Gasteiger partial charge in [-0.05, 0) is 18.6 Å². The van der Waals surface area contributed by atoms with Crippen LogP contribution in [0.4, 0.5) is 16.2 Å². The SMILES string of the molecule is CC[C@H]1O[C@@H](n2cnc3c(=O)[nH]c(NC(=O)C(C)C)nc32)[C@H](OP(OCCC#N)OC[C@@H]2C[C@@H](O)[C@H](n3cnc4c(NC(=O)c5ccccc5)ncnc43)O2)[C@@H]1F. The maximum Gasteiger partial charge on any atom is 0.333 e. The van der Waals surface area contributed by atoms with Crippen molar-refractivity contribution in [3.63, 3.8) is 0 Å². The number of aliphatic hydroxyl groups excluding tert-OH is 1. The van der Waals surface area contributed by atoms with Gasteiger partial charge in [0.25, 0.3) is 11.5 Å². The van der Waals surface area contributed by atoms with Crippen LogP contribution in [0.1, 0.15) is 62.8 Å². The van der Waals surface area contributed by atoms with Gasteiger partial charge in [-0.3, -0.25) is 33.8 Å². The molecule has 0 spiro atoms. The Hall–Kier alpha value is -5.33. The summed E-state index contributed by atoms with van der Waals surface area (Å²) < 4.78 is 49.2. The number of imidazole rings is 2. The third-order valence-electron chi connectivity index (χ3n) is 9.19. The van der Waals surface area contributed by atoms with Crippen molar-refractivity contribution in [3.8, 4) is 6.07 Å². The summed E-state index contributed by atoms with van der Waals surface area (Å²) in [5.74, 6) is -1.12. The van der Waals surface area contributed by atoms with Gasteiger partial charge in [-0.2, -0.15) is 10.2 Å². The standard InChI is InChI=1S/C35H39FN11O9P/c1-4-22-23(36)26(34(55-22)47-17-41-25-29(47)43-35(45-32(25)51)44-30(49)18(2)3)56-57(52-12-8-11-37)53-14-20-13-21(48)33(54-20)46-16-40-24-27(38-15-39-28(24)46)42-31(50)19-9-6-5-7-10-19/h5-7,9-10,15-18,20-23,26,33-34,48H,4,8,12-14H2,1-3H3,(H,38,39,42,50)(H2,43,44,45,49,51)/t20-,21+,22+,23+,26+,33+,34+,57?/m0/s1. The Morgan fingerprint density at radius 2 is 1.82 bits per heavy atom. The molecule has 8 atom stereocenters. The van der Waals surface area contributed by atoms with E-state index in [0.29, 0.717) is 11.2 Å². The second kappa shape index (κ2) is 17.4. The van der Waals surface area contributed by atoms with E-state index in [9.17, 15) is 19.5 Å². The minimum atomic E-state index is -2.35. The lowest BCUT2D eigenvalue weighted by molar-refractivity contribution is -0.118. The fourth-order valence-corrected chi connectivity index (χ4v) is 7.43. The lowest BCUT2D eigenvalue weighted by Gasteiger charge is -2.26. The van der Waals surface area contributed by atoms with Crippen molar-refractivity contribution in [1.29, 1.82) is 5.26 Å². The van der Waals surface area contributed by atoms with E-state index < -0.39 is 63.1 Å². The first-order chi connectivity index (χ1) is 27.6. The van der Waals surface area contributed by atoms with Crippen molar-refractivity contribution in [2.75, 3.05) is 23.8 Å². The number of nitriles is 1. The summed E-state index contributed by atoms with van der Waals surface area (Å²) >= 11 is 0. The molecule has 5 aromatic rings. The van der Waals surface area contributed by atoms with E-state index >= 15 is 4.39 Å². The largest absolute Gasteiger partial charge is 0.388 e. The number of benzene rings is 1. The minimum Gasteiger partial charge on any atom is -0.388 e. The smallest absolute Gasteiger partial charge is 0.333 e. The van der Waals surface area contributed by atoms with E-state index in [1.807, 2.05) is 6.07 Å². The number of carbonyl (C=O) groups excluding carboxylic acids is 2. The summed E-state index contributed by atoms with van der Waals surface area (Å²) in [7, 11) is -2.35. The number of rotatable bonds is 15. The quantitative estimate of drug-likeness (QED) is 0.0870. The second-order valence-corrected chi connectivity index (χ2v) is 14.6. The van der Waals surface area contributed by atoms with E-state index in [-0.39, 0.29) is 72.7 Å². The minimum absolute atomic E-state index is 0.0124. The molecule has 20 nitrogen and oxygen atoms in total. The number of aliphatic hydroxyl groups is 1. The van der Waals surface area contributed by atoms with Gasteiger partial charge in [0.15, 0.2) is 46.8 Å². The van der Waals surface area contributed by atoms with E-state index in [0.717, 1.165) is 0 Å². The zero-order valence-corrected chi connectivity index (χ0v) is 31.8. The van der Waals surface area contributed by atoms with Gasteiger partial charge < -0.3 is 33.5 Å². The molecule has 1 unspecified atom stereocenters. The zero-order valence-electron chi connectivity index (χ0n) is 30.9. The normalized spacial score (nSPS) is 23.9. The number of anilines is 2. The molecule has 57 heavy (non-hydrogen) atoms. The maximum absolute atomic E-state index is 16.1. The van der Waals surface area contributed by atoms with Gasteiger partial charge in [0.05, 0.1) is 50.6 Å². The molecule has 22 heteroatoms. The number of nitrogens with zero attached hydrogens (tertiary/aromatic N) is 8. The maximum atomic E-state index is 16.1. The molecule has 1 aromatic carbocycles. The molecular weight excluding hydrogens is 768 g/mol. The molecule has 2 fully saturated rings. The molecule has 0 saturated carbocycles. The number of nitrogens with one attached hydrogen (secondary N) is 3. The van der Waals surface area contributed by atoms with Crippen LogP contribution in [0.3, 0.4) is 0 Å². The van der Waals surface area contributed by atoms with Crippen LogP contribution in [-0.4, -0.2) is 99.8 Å². The average Bonchev–Trinajstić information content (AvgIpc) is 3.99. The van der Waals surface area contributed by atoms with Crippen LogP contribution < -0.4 is 16.2 Å². The fourth-order valence-electron chi connectivity index (χ4n) is 6.28. The Bertz CT molecular complexity index is 2320. The Morgan fingerprint density at radius 3 is 2.56 bits per heavy atom. The van der Waals surface area contributed by atoms with Crippen molar-refractivity contribution in [3.05, 3.63) is 65.2 Å². The third kappa shape index (κ3) is 8.52. The van der Waals surface area contributed by atoms with Crippen molar-refractivity contribution in [2.24, 2.45) is 5.92 Å². The summed E-state index contributed by atoms with van der Waals surface area (Å²) in [6.07, 6.45) is -3.53. The van der Waals surface area contributed by atoms with Gasteiger partial charge in [0.2, 0.25) is 11.9 Å². The van der Waals surface area contributed by atoms with Crippen LogP contribution in [0.25, 0.3) is 22.3 Å². The molecule has 4 N–H and O–H groups in total. The molecule has 0 bridgehead atoms. The number of amides is 2. The van der Waals surface area contributed by atoms with Crippen molar-refractivity contribution >= 4 is 54.5 Å². The number of halogens is 1. The van der Waals surface area contributed by atoms with Crippen molar-refractivity contribution in [1.82, 2.24) is 39.0 Å².